The largest absolute Gasteiger partial charge is 0.464 e. The average molecular weight is 403 g/mol. The van der Waals surface area contributed by atoms with Crippen molar-refractivity contribution in [1.82, 2.24) is 4.98 Å². The first-order chi connectivity index (χ1) is 14.0. The molecule has 2 heterocycles. The van der Waals surface area contributed by atoms with E-state index in [1.54, 1.807) is 12.1 Å². The minimum absolute atomic E-state index is 0.0183. The first kappa shape index (κ1) is 20.0. The number of thioether (sulfide) groups is 1. The lowest BCUT2D eigenvalue weighted by atomic mass is 10.0. The molecule has 7 nitrogen and oxygen atoms in total. The highest BCUT2D eigenvalue weighted by Gasteiger charge is 2.22. The molecule has 0 radical (unpaired) electrons. The van der Waals surface area contributed by atoms with Gasteiger partial charge in [-0.2, -0.15) is 10.5 Å². The Morgan fingerprint density at radius 3 is 2.62 bits per heavy atom. The molecule has 0 fully saturated rings. The number of nitrogens with zero attached hydrogens (tertiary/aromatic N) is 3. The van der Waals surface area contributed by atoms with Crippen LogP contribution in [0, 0.1) is 29.6 Å². The van der Waals surface area contributed by atoms with E-state index in [-0.39, 0.29) is 29.3 Å². The molecule has 0 spiro atoms. The molecule has 3 aromatic rings. The molecule has 3 N–H and O–H groups in total. The number of nitrogen functional groups attached to an aromatic ring is 1. The number of nitrogens with one attached hydrogen (secondary N) is 1. The van der Waals surface area contributed by atoms with Gasteiger partial charge in [-0.05, 0) is 30.7 Å². The van der Waals surface area contributed by atoms with Crippen LogP contribution in [0.2, 0.25) is 0 Å². The second-order valence-electron chi connectivity index (χ2n) is 6.09. The summed E-state index contributed by atoms with van der Waals surface area (Å²) in [4.78, 5) is 16.4. The van der Waals surface area contributed by atoms with Crippen LogP contribution in [-0.2, 0) is 4.79 Å². The number of benzene rings is 1. The highest BCUT2D eigenvalue weighted by Crippen LogP contribution is 2.35. The molecule has 0 aliphatic rings. The predicted molar refractivity (Wildman–Crippen MR) is 111 cm³/mol. The van der Waals surface area contributed by atoms with Crippen LogP contribution >= 0.6 is 11.8 Å². The molecule has 1 aromatic carbocycles. The maximum absolute atomic E-state index is 12.2. The Morgan fingerprint density at radius 2 is 1.97 bits per heavy atom. The third-order valence-corrected chi connectivity index (χ3v) is 5.15. The van der Waals surface area contributed by atoms with Crippen LogP contribution in [0.5, 0.6) is 0 Å². The Labute approximate surface area is 172 Å². The van der Waals surface area contributed by atoms with Gasteiger partial charge in [-0.25, -0.2) is 4.98 Å². The summed E-state index contributed by atoms with van der Waals surface area (Å²) >= 11 is 1.23. The number of hydrogen-bond donors (Lipinski definition) is 2. The Kier molecular flexibility index (Phi) is 6.18. The summed E-state index contributed by atoms with van der Waals surface area (Å²) in [7, 11) is 0. The molecule has 0 bridgehead atoms. The monoisotopic (exact) mass is 403 g/mol. The van der Waals surface area contributed by atoms with Gasteiger partial charge in [0.2, 0.25) is 5.91 Å². The number of anilines is 2. The number of aryl methyl sites for hydroxylation is 1. The zero-order chi connectivity index (χ0) is 20.8. The molecule has 2 aromatic heterocycles. The number of para-hydroxylation sites is 1. The smallest absolute Gasteiger partial charge is 0.225 e. The molecule has 3 rings (SSSR count). The van der Waals surface area contributed by atoms with Gasteiger partial charge in [0.1, 0.15) is 34.3 Å². The van der Waals surface area contributed by atoms with Crippen molar-refractivity contribution in [3.8, 4) is 23.5 Å². The summed E-state index contributed by atoms with van der Waals surface area (Å²) in [6, 6.07) is 14.9. The van der Waals surface area contributed by atoms with Gasteiger partial charge in [0.25, 0.3) is 0 Å². The van der Waals surface area contributed by atoms with Gasteiger partial charge in [-0.1, -0.05) is 18.2 Å². The normalized spacial score (nSPS) is 10.2. The van der Waals surface area contributed by atoms with Crippen molar-refractivity contribution < 1.29 is 9.21 Å². The maximum atomic E-state index is 12.2. The van der Waals surface area contributed by atoms with Crippen molar-refractivity contribution >= 4 is 29.2 Å². The number of amides is 1. The van der Waals surface area contributed by atoms with Gasteiger partial charge in [0, 0.05) is 17.9 Å². The molecule has 144 valence electrons. The lowest BCUT2D eigenvalue weighted by Crippen LogP contribution is -2.13. The maximum Gasteiger partial charge on any atom is 0.225 e. The van der Waals surface area contributed by atoms with Crippen molar-refractivity contribution in [3.05, 3.63) is 59.4 Å². The molecular weight excluding hydrogens is 386 g/mol. The summed E-state index contributed by atoms with van der Waals surface area (Å²) in [6.07, 6.45) is 1.68. The van der Waals surface area contributed by atoms with Crippen molar-refractivity contribution in [2.24, 2.45) is 0 Å². The van der Waals surface area contributed by atoms with Crippen LogP contribution in [0.4, 0.5) is 11.5 Å². The molecule has 0 saturated heterocycles. The van der Waals surface area contributed by atoms with Crippen LogP contribution in [0.25, 0.3) is 11.3 Å². The van der Waals surface area contributed by atoms with E-state index >= 15 is 0 Å². The number of rotatable bonds is 6. The van der Waals surface area contributed by atoms with Crippen molar-refractivity contribution in [2.75, 3.05) is 16.8 Å². The zero-order valence-electron chi connectivity index (χ0n) is 15.6. The summed E-state index contributed by atoms with van der Waals surface area (Å²) in [6.45, 7) is 1.92. The number of nitriles is 2. The quantitative estimate of drug-likeness (QED) is 0.593. The van der Waals surface area contributed by atoms with Gasteiger partial charge in [-0.15, -0.1) is 11.8 Å². The lowest BCUT2D eigenvalue weighted by Gasteiger charge is -2.11. The molecule has 8 heteroatoms. The molecule has 0 atom stereocenters. The third-order valence-electron chi connectivity index (χ3n) is 4.17. The van der Waals surface area contributed by atoms with Gasteiger partial charge in [0.15, 0.2) is 0 Å². The molecule has 0 unspecified atom stereocenters. The molecule has 0 aliphatic carbocycles. The first-order valence-corrected chi connectivity index (χ1v) is 9.69. The number of carbonyl (C=O) groups excluding carboxylic acids is 1. The third kappa shape index (κ3) is 4.40. The van der Waals surface area contributed by atoms with Crippen molar-refractivity contribution in [1.29, 1.82) is 10.5 Å². The minimum Gasteiger partial charge on any atom is -0.464 e. The van der Waals surface area contributed by atoms with Crippen LogP contribution in [0.3, 0.4) is 0 Å². The second-order valence-corrected chi connectivity index (χ2v) is 7.17. The van der Waals surface area contributed by atoms with E-state index in [4.69, 9.17) is 10.2 Å². The standard InChI is InChI=1S/C21H17N5O2S/c1-13-5-2-3-6-16(13)25-18(27)8-10-29-21-15(12-23)19(17-7-4-9-28-17)14(11-22)20(24)26-21/h2-7,9H,8,10H2,1H3,(H2,24,26)(H,25,27). The summed E-state index contributed by atoms with van der Waals surface area (Å²) < 4.78 is 5.38. The van der Waals surface area contributed by atoms with E-state index in [1.807, 2.05) is 37.3 Å². The first-order valence-electron chi connectivity index (χ1n) is 8.71. The molecule has 0 saturated carbocycles. The molecule has 0 aliphatic heterocycles. The van der Waals surface area contributed by atoms with Crippen LogP contribution < -0.4 is 11.1 Å². The molecule has 1 amide bonds. The summed E-state index contributed by atoms with van der Waals surface area (Å²) in [5.41, 5.74) is 8.30. The van der Waals surface area contributed by atoms with E-state index in [2.05, 4.69) is 16.4 Å². The second kappa shape index (κ2) is 8.96. The van der Waals surface area contributed by atoms with E-state index in [1.165, 1.54) is 18.0 Å². The Hall–Kier alpha value is -3.75. The average Bonchev–Trinajstić information content (AvgIpc) is 3.23. The number of furan rings is 1. The summed E-state index contributed by atoms with van der Waals surface area (Å²) in [5.74, 6) is 0.636. The Bertz CT molecular complexity index is 1130. The minimum atomic E-state index is -0.141. The predicted octanol–water partition coefficient (Wildman–Crippen LogP) is 4.10. The number of carbonyl (C=O) groups is 1. The Morgan fingerprint density at radius 1 is 1.21 bits per heavy atom. The Balaban J connectivity index is 1.78. The lowest BCUT2D eigenvalue weighted by molar-refractivity contribution is -0.115. The van der Waals surface area contributed by atoms with E-state index in [0.717, 1.165) is 11.3 Å². The van der Waals surface area contributed by atoms with Gasteiger partial charge in [-0.3, -0.25) is 4.79 Å². The topological polar surface area (TPSA) is 129 Å². The van der Waals surface area contributed by atoms with Gasteiger partial charge < -0.3 is 15.5 Å². The van der Waals surface area contributed by atoms with E-state index in [0.29, 0.717) is 22.1 Å². The van der Waals surface area contributed by atoms with Gasteiger partial charge >= 0.3 is 0 Å². The van der Waals surface area contributed by atoms with E-state index < -0.39 is 0 Å². The summed E-state index contributed by atoms with van der Waals surface area (Å²) in [5, 5.41) is 22.3. The van der Waals surface area contributed by atoms with Crippen LogP contribution in [-0.4, -0.2) is 16.6 Å². The SMILES string of the molecule is Cc1ccccc1NC(=O)CCSc1nc(N)c(C#N)c(-c2ccco2)c1C#N. The van der Waals surface area contributed by atoms with Gasteiger partial charge in [0.05, 0.1) is 17.4 Å². The number of hydrogen-bond acceptors (Lipinski definition) is 7. The highest BCUT2D eigenvalue weighted by atomic mass is 32.2. The highest BCUT2D eigenvalue weighted by molar-refractivity contribution is 7.99. The van der Waals surface area contributed by atoms with Crippen molar-refractivity contribution in [2.45, 2.75) is 18.4 Å². The van der Waals surface area contributed by atoms with Crippen LogP contribution in [0.1, 0.15) is 23.1 Å². The molecule has 29 heavy (non-hydrogen) atoms. The van der Waals surface area contributed by atoms with Crippen LogP contribution in [0.15, 0.2) is 52.1 Å². The number of pyridine rings is 1. The zero-order valence-corrected chi connectivity index (χ0v) is 16.4. The number of aromatic nitrogens is 1. The fraction of sp³-hybridized carbons (Fsp3) is 0.143. The van der Waals surface area contributed by atoms with E-state index in [9.17, 15) is 15.3 Å². The fourth-order valence-electron chi connectivity index (χ4n) is 2.74. The fourth-order valence-corrected chi connectivity index (χ4v) is 3.67. The number of nitrogens with two attached hydrogens (primary N) is 1. The van der Waals surface area contributed by atoms with Crippen molar-refractivity contribution in [3.63, 3.8) is 0 Å². The molecular formula is C21H17N5O2S.